The van der Waals surface area contributed by atoms with Crippen LogP contribution in [-0.4, -0.2) is 25.7 Å². The Balaban J connectivity index is 2.01. The van der Waals surface area contributed by atoms with Crippen molar-refractivity contribution in [2.24, 2.45) is 5.92 Å². The Labute approximate surface area is 131 Å². The lowest BCUT2D eigenvalue weighted by atomic mass is 9.64. The number of likely N-dealkylation sites (N-methyl/N-ethyl adjacent to an activating group) is 1. The summed E-state index contributed by atoms with van der Waals surface area (Å²) >= 11 is 0. The topological polar surface area (TPSA) is 67.4 Å². The van der Waals surface area contributed by atoms with Crippen molar-refractivity contribution in [3.05, 3.63) is 29.8 Å². The monoisotopic (exact) mass is 304 g/mol. The Kier molecular flexibility index (Phi) is 5.06. The summed E-state index contributed by atoms with van der Waals surface area (Å²) in [5.41, 5.74) is 1.27. The lowest BCUT2D eigenvalue weighted by Crippen LogP contribution is -2.48. The van der Waals surface area contributed by atoms with Crippen molar-refractivity contribution in [3.8, 4) is 0 Å². The number of hydrogen-bond donors (Lipinski definition) is 2. The van der Waals surface area contributed by atoms with Gasteiger partial charge in [0.1, 0.15) is 0 Å². The number of anilines is 1. The molecule has 0 atom stereocenters. The molecule has 0 aliphatic heterocycles. The Morgan fingerprint density at radius 3 is 2.32 bits per heavy atom. The van der Waals surface area contributed by atoms with E-state index in [1.807, 2.05) is 38.1 Å². The van der Waals surface area contributed by atoms with Crippen LogP contribution in [0.4, 0.5) is 10.5 Å². The van der Waals surface area contributed by atoms with Crippen LogP contribution in [0.5, 0.6) is 0 Å². The molecule has 0 radical (unpaired) electrons. The van der Waals surface area contributed by atoms with Gasteiger partial charge in [0, 0.05) is 12.7 Å². The van der Waals surface area contributed by atoms with Crippen molar-refractivity contribution in [2.75, 3.05) is 19.0 Å². The van der Waals surface area contributed by atoms with E-state index in [2.05, 4.69) is 10.6 Å². The molecule has 2 amide bonds. The van der Waals surface area contributed by atoms with E-state index < -0.39 is 11.5 Å². The Morgan fingerprint density at radius 2 is 1.86 bits per heavy atom. The van der Waals surface area contributed by atoms with E-state index in [1.165, 1.54) is 0 Å². The minimum Gasteiger partial charge on any atom is -0.449 e. The molecule has 0 spiro atoms. The van der Waals surface area contributed by atoms with E-state index in [0.29, 0.717) is 18.2 Å². The highest BCUT2D eigenvalue weighted by Gasteiger charge is 2.44. The predicted molar refractivity (Wildman–Crippen MR) is 85.8 cm³/mol. The molecule has 0 heterocycles. The fourth-order valence-corrected chi connectivity index (χ4v) is 2.69. The van der Waals surface area contributed by atoms with Crippen molar-refractivity contribution < 1.29 is 14.3 Å². The SMILES string of the molecule is CNC(=O)C1(c2ccc(NC(=O)OCC(C)C)cc2)CCC1. The molecule has 5 heteroatoms. The highest BCUT2D eigenvalue weighted by molar-refractivity contribution is 5.89. The molecule has 2 N–H and O–H groups in total. The molecule has 1 aromatic carbocycles. The van der Waals surface area contributed by atoms with Crippen LogP contribution in [0.1, 0.15) is 38.7 Å². The third-order valence-electron chi connectivity index (χ3n) is 4.10. The van der Waals surface area contributed by atoms with Crippen LogP contribution in [0, 0.1) is 5.92 Å². The summed E-state index contributed by atoms with van der Waals surface area (Å²) in [7, 11) is 1.67. The maximum atomic E-state index is 12.1. The molecule has 0 aromatic heterocycles. The summed E-state index contributed by atoms with van der Waals surface area (Å²) in [6.07, 6.45) is 2.35. The predicted octanol–water partition coefficient (Wildman–Crippen LogP) is 3.06. The van der Waals surface area contributed by atoms with Crippen molar-refractivity contribution in [1.29, 1.82) is 0 Å². The second kappa shape index (κ2) is 6.81. The molecule has 1 fully saturated rings. The van der Waals surface area contributed by atoms with E-state index in [9.17, 15) is 9.59 Å². The summed E-state index contributed by atoms with van der Waals surface area (Å²) in [6.45, 7) is 4.36. The minimum atomic E-state index is -0.453. The molecule has 1 aliphatic rings. The van der Waals surface area contributed by atoms with E-state index in [4.69, 9.17) is 4.74 Å². The van der Waals surface area contributed by atoms with Crippen LogP contribution in [-0.2, 0) is 14.9 Å². The van der Waals surface area contributed by atoms with E-state index in [-0.39, 0.29) is 5.91 Å². The van der Waals surface area contributed by atoms with Gasteiger partial charge in [-0.05, 0) is 36.5 Å². The van der Waals surface area contributed by atoms with Crippen LogP contribution >= 0.6 is 0 Å². The number of hydrogen-bond acceptors (Lipinski definition) is 3. The fourth-order valence-electron chi connectivity index (χ4n) is 2.69. The molecule has 120 valence electrons. The molecule has 0 saturated heterocycles. The van der Waals surface area contributed by atoms with Crippen molar-refractivity contribution in [2.45, 2.75) is 38.5 Å². The zero-order valence-electron chi connectivity index (χ0n) is 13.4. The average Bonchev–Trinajstić information content (AvgIpc) is 2.45. The van der Waals surface area contributed by atoms with Crippen molar-refractivity contribution >= 4 is 17.7 Å². The lowest BCUT2D eigenvalue weighted by molar-refractivity contribution is -0.129. The summed E-state index contributed by atoms with van der Waals surface area (Å²) in [5.74, 6) is 0.370. The lowest BCUT2D eigenvalue weighted by Gasteiger charge is -2.40. The average molecular weight is 304 g/mol. The Hall–Kier alpha value is -2.04. The van der Waals surface area contributed by atoms with E-state index in [1.54, 1.807) is 7.05 Å². The quantitative estimate of drug-likeness (QED) is 0.878. The molecular formula is C17H24N2O3. The van der Waals surface area contributed by atoms with Crippen LogP contribution in [0.15, 0.2) is 24.3 Å². The van der Waals surface area contributed by atoms with Gasteiger partial charge in [-0.25, -0.2) is 4.79 Å². The number of ether oxygens (including phenoxy) is 1. The summed E-state index contributed by atoms with van der Waals surface area (Å²) < 4.78 is 5.08. The maximum Gasteiger partial charge on any atom is 0.411 e. The molecule has 2 rings (SSSR count). The van der Waals surface area contributed by atoms with Gasteiger partial charge in [0.25, 0.3) is 0 Å². The number of nitrogens with one attached hydrogen (secondary N) is 2. The van der Waals surface area contributed by atoms with Gasteiger partial charge in [-0.15, -0.1) is 0 Å². The third-order valence-corrected chi connectivity index (χ3v) is 4.10. The van der Waals surface area contributed by atoms with Gasteiger partial charge in [-0.1, -0.05) is 32.4 Å². The number of amides is 2. The van der Waals surface area contributed by atoms with Crippen molar-refractivity contribution in [3.63, 3.8) is 0 Å². The van der Waals surface area contributed by atoms with Crippen LogP contribution in [0.25, 0.3) is 0 Å². The summed E-state index contributed by atoms with van der Waals surface area (Å²) in [5, 5.41) is 5.45. The highest BCUT2D eigenvalue weighted by Crippen LogP contribution is 2.44. The Morgan fingerprint density at radius 1 is 1.23 bits per heavy atom. The third kappa shape index (κ3) is 3.40. The number of carbonyl (C=O) groups excluding carboxylic acids is 2. The van der Waals surface area contributed by atoms with E-state index in [0.717, 1.165) is 24.8 Å². The number of benzene rings is 1. The molecule has 22 heavy (non-hydrogen) atoms. The maximum absolute atomic E-state index is 12.1. The van der Waals surface area contributed by atoms with Gasteiger partial charge < -0.3 is 10.1 Å². The van der Waals surface area contributed by atoms with Gasteiger partial charge in [-0.3, -0.25) is 10.1 Å². The summed E-state index contributed by atoms with van der Waals surface area (Å²) in [6, 6.07) is 7.45. The molecular weight excluding hydrogens is 280 g/mol. The largest absolute Gasteiger partial charge is 0.449 e. The number of carbonyl (C=O) groups is 2. The first-order chi connectivity index (χ1) is 10.5. The first-order valence-electron chi connectivity index (χ1n) is 7.74. The molecule has 5 nitrogen and oxygen atoms in total. The standard InChI is InChI=1S/C17H24N2O3/c1-12(2)11-22-16(21)19-14-7-5-13(6-8-14)17(9-4-10-17)15(20)18-3/h5-8,12H,4,9-11H2,1-3H3,(H,18,20)(H,19,21). The molecule has 1 saturated carbocycles. The van der Waals surface area contributed by atoms with E-state index >= 15 is 0 Å². The molecule has 0 unspecified atom stereocenters. The van der Waals surface area contributed by atoms with Gasteiger partial charge in [0.15, 0.2) is 0 Å². The highest BCUT2D eigenvalue weighted by atomic mass is 16.5. The second-order valence-electron chi connectivity index (χ2n) is 6.21. The van der Waals surface area contributed by atoms with Crippen LogP contribution in [0.3, 0.4) is 0 Å². The van der Waals surface area contributed by atoms with Gasteiger partial charge in [0.2, 0.25) is 5.91 Å². The Bertz CT molecular complexity index is 533. The van der Waals surface area contributed by atoms with Gasteiger partial charge in [-0.2, -0.15) is 0 Å². The van der Waals surface area contributed by atoms with Crippen LogP contribution < -0.4 is 10.6 Å². The normalized spacial score (nSPS) is 15.8. The molecule has 1 aliphatic carbocycles. The zero-order chi connectivity index (χ0) is 16.2. The smallest absolute Gasteiger partial charge is 0.411 e. The fraction of sp³-hybridized carbons (Fsp3) is 0.529. The first-order valence-corrected chi connectivity index (χ1v) is 7.74. The van der Waals surface area contributed by atoms with Gasteiger partial charge in [0.05, 0.1) is 12.0 Å². The van der Waals surface area contributed by atoms with Crippen LogP contribution in [0.2, 0.25) is 0 Å². The minimum absolute atomic E-state index is 0.0656. The van der Waals surface area contributed by atoms with Gasteiger partial charge >= 0.3 is 6.09 Å². The van der Waals surface area contributed by atoms with Crippen molar-refractivity contribution in [1.82, 2.24) is 5.32 Å². The first kappa shape index (κ1) is 16.3. The molecule has 1 aromatic rings. The summed E-state index contributed by atoms with van der Waals surface area (Å²) in [4.78, 5) is 23.8. The second-order valence-corrected chi connectivity index (χ2v) is 6.21. The zero-order valence-corrected chi connectivity index (χ0v) is 13.4. The number of rotatable bonds is 5. The molecule has 0 bridgehead atoms.